The van der Waals surface area contributed by atoms with E-state index in [1.54, 1.807) is 0 Å². The Bertz CT molecular complexity index is 818. The van der Waals surface area contributed by atoms with Gasteiger partial charge in [0.05, 0.1) is 11.0 Å². The summed E-state index contributed by atoms with van der Waals surface area (Å²) in [6.45, 7) is 3.79. The second kappa shape index (κ2) is 6.37. The highest BCUT2D eigenvalue weighted by molar-refractivity contribution is 6.32. The molecule has 9 heteroatoms. The average molecular weight is 380 g/mol. The summed E-state index contributed by atoms with van der Waals surface area (Å²) >= 11 is 6.28. The number of allylic oxidation sites excluding steroid dienone is 1. The average Bonchev–Trinajstić information content (AvgIpc) is 2.58. The number of nitro groups is 1. The molecule has 0 aliphatic carbocycles. The van der Waals surface area contributed by atoms with Crippen molar-refractivity contribution >= 4 is 29.2 Å². The summed E-state index contributed by atoms with van der Waals surface area (Å²) in [4.78, 5) is 36.1. The first-order chi connectivity index (χ1) is 12.1. The van der Waals surface area contributed by atoms with Gasteiger partial charge in [-0.3, -0.25) is 19.8 Å². The Labute approximate surface area is 154 Å². The summed E-state index contributed by atoms with van der Waals surface area (Å²) in [6.07, 6.45) is 0.415. The monoisotopic (exact) mass is 379 g/mol. The zero-order valence-electron chi connectivity index (χ0n) is 14.3. The van der Waals surface area contributed by atoms with Gasteiger partial charge in [-0.05, 0) is 29.5 Å². The van der Waals surface area contributed by atoms with Gasteiger partial charge in [0.1, 0.15) is 18.3 Å². The second-order valence-electron chi connectivity index (χ2n) is 7.10. The third kappa shape index (κ3) is 2.95. The highest BCUT2D eigenvalue weighted by atomic mass is 35.5. The highest BCUT2D eigenvalue weighted by Crippen LogP contribution is 2.47. The predicted molar refractivity (Wildman–Crippen MR) is 92.8 cm³/mol. The minimum atomic E-state index is -0.714. The molecular weight excluding hydrogens is 362 g/mol. The lowest BCUT2D eigenvalue weighted by Gasteiger charge is -2.55. The minimum Gasteiger partial charge on any atom is -0.456 e. The number of non-ortho nitro benzene ring substituents is 1. The van der Waals surface area contributed by atoms with Crippen LogP contribution in [0.2, 0.25) is 0 Å². The summed E-state index contributed by atoms with van der Waals surface area (Å²) in [5, 5.41) is 10.9. The number of carbonyl (C=O) groups excluding carboxylic acids is 2. The number of fused-ring (bicyclic) bond motifs is 1. The molecule has 26 heavy (non-hydrogen) atoms. The van der Waals surface area contributed by atoms with E-state index in [1.165, 1.54) is 29.2 Å². The molecule has 2 atom stereocenters. The predicted octanol–water partition coefficient (Wildman–Crippen LogP) is 2.06. The molecular formula is C17H18ClN3O5. The third-order valence-electron chi connectivity index (χ3n) is 4.76. The molecule has 0 saturated carbocycles. The van der Waals surface area contributed by atoms with Crippen LogP contribution < -0.4 is 5.73 Å². The number of benzene rings is 1. The van der Waals surface area contributed by atoms with Gasteiger partial charge < -0.3 is 10.5 Å². The summed E-state index contributed by atoms with van der Waals surface area (Å²) in [5.74, 6) is -1.07. The van der Waals surface area contributed by atoms with Crippen LogP contribution in [0.1, 0.15) is 25.8 Å². The maximum atomic E-state index is 12.5. The van der Waals surface area contributed by atoms with Crippen molar-refractivity contribution in [1.82, 2.24) is 4.90 Å². The van der Waals surface area contributed by atoms with Crippen LogP contribution in [0.25, 0.3) is 0 Å². The van der Waals surface area contributed by atoms with Gasteiger partial charge in [-0.2, -0.15) is 0 Å². The number of hydrogen-bond acceptors (Lipinski definition) is 6. The van der Waals surface area contributed by atoms with Gasteiger partial charge in [0, 0.05) is 17.2 Å². The maximum Gasteiger partial charge on any atom is 0.356 e. The van der Waals surface area contributed by atoms with Crippen molar-refractivity contribution in [2.45, 2.75) is 39.0 Å². The molecule has 2 heterocycles. The fourth-order valence-electron chi connectivity index (χ4n) is 3.46. The van der Waals surface area contributed by atoms with Gasteiger partial charge in [-0.1, -0.05) is 25.4 Å². The van der Waals surface area contributed by atoms with Crippen LogP contribution in [0.4, 0.5) is 5.69 Å². The first-order valence-electron chi connectivity index (χ1n) is 8.01. The highest BCUT2D eigenvalue weighted by Gasteiger charge is 2.58. The molecule has 1 fully saturated rings. The molecule has 1 aromatic carbocycles. The van der Waals surface area contributed by atoms with Gasteiger partial charge in [0.15, 0.2) is 0 Å². The Morgan fingerprint density at radius 1 is 1.42 bits per heavy atom. The molecule has 1 saturated heterocycles. The quantitative estimate of drug-likeness (QED) is 0.370. The van der Waals surface area contributed by atoms with Gasteiger partial charge in [-0.15, -0.1) is 0 Å². The van der Waals surface area contributed by atoms with E-state index < -0.39 is 16.9 Å². The molecule has 0 radical (unpaired) electrons. The molecule has 2 aliphatic rings. The molecule has 2 unspecified atom stereocenters. The van der Waals surface area contributed by atoms with Crippen LogP contribution >= 0.6 is 11.6 Å². The zero-order valence-corrected chi connectivity index (χ0v) is 15.0. The number of nitrogens with two attached hydrogens (primary N) is 1. The van der Waals surface area contributed by atoms with Gasteiger partial charge in [0.25, 0.3) is 5.69 Å². The van der Waals surface area contributed by atoms with Crippen LogP contribution in [0.3, 0.4) is 0 Å². The van der Waals surface area contributed by atoms with Crippen molar-refractivity contribution < 1.29 is 19.2 Å². The molecule has 2 N–H and O–H groups in total. The molecule has 0 aromatic heterocycles. The first kappa shape index (κ1) is 18.3. The summed E-state index contributed by atoms with van der Waals surface area (Å²) in [7, 11) is 0. The Balaban J connectivity index is 1.75. The van der Waals surface area contributed by atoms with E-state index >= 15 is 0 Å². The first-order valence-corrected chi connectivity index (χ1v) is 8.39. The van der Waals surface area contributed by atoms with E-state index in [0.717, 1.165) is 0 Å². The lowest BCUT2D eigenvalue weighted by atomic mass is 9.69. The normalized spacial score (nSPS) is 24.0. The molecule has 8 nitrogen and oxygen atoms in total. The van der Waals surface area contributed by atoms with Crippen LogP contribution in [0, 0.1) is 15.5 Å². The summed E-state index contributed by atoms with van der Waals surface area (Å²) in [5.41, 5.74) is 6.12. The largest absolute Gasteiger partial charge is 0.456 e. The van der Waals surface area contributed by atoms with E-state index in [4.69, 9.17) is 22.1 Å². The van der Waals surface area contributed by atoms with Crippen LogP contribution in [-0.4, -0.2) is 33.8 Å². The second-order valence-corrected chi connectivity index (χ2v) is 7.55. The summed E-state index contributed by atoms with van der Waals surface area (Å²) in [6, 6.07) is 4.68. The number of nitrogens with zero attached hydrogens (tertiary/aromatic N) is 2. The van der Waals surface area contributed by atoms with Crippen molar-refractivity contribution in [3.8, 4) is 0 Å². The van der Waals surface area contributed by atoms with Crippen molar-refractivity contribution in [2.24, 2.45) is 11.1 Å². The topological polar surface area (TPSA) is 116 Å². The molecule has 1 aromatic rings. The van der Waals surface area contributed by atoms with Crippen molar-refractivity contribution in [3.63, 3.8) is 0 Å². The van der Waals surface area contributed by atoms with Crippen LogP contribution in [0.15, 0.2) is 35.0 Å². The Morgan fingerprint density at radius 3 is 2.62 bits per heavy atom. The van der Waals surface area contributed by atoms with Crippen LogP contribution in [-0.2, 0) is 20.9 Å². The number of esters is 1. The fraction of sp³-hybridized carbons (Fsp3) is 0.412. The zero-order chi connectivity index (χ0) is 19.2. The lowest BCUT2D eigenvalue weighted by Crippen LogP contribution is -2.74. The molecule has 138 valence electrons. The number of β-lactam (4-membered cyclic amide) rings is 1. The number of nitro benzene ring substituents is 1. The van der Waals surface area contributed by atoms with Crippen molar-refractivity contribution in [2.75, 3.05) is 0 Å². The number of carbonyl (C=O) groups is 2. The van der Waals surface area contributed by atoms with Crippen molar-refractivity contribution in [1.29, 1.82) is 0 Å². The van der Waals surface area contributed by atoms with E-state index in [1.807, 2.05) is 13.8 Å². The number of amides is 1. The number of ether oxygens (including phenoxy) is 1. The van der Waals surface area contributed by atoms with E-state index in [9.17, 15) is 19.7 Å². The molecule has 0 spiro atoms. The Kier molecular flexibility index (Phi) is 4.49. The van der Waals surface area contributed by atoms with E-state index in [-0.39, 0.29) is 40.4 Å². The molecule has 0 bridgehead atoms. The molecule has 3 rings (SSSR count). The number of halogens is 1. The van der Waals surface area contributed by atoms with Gasteiger partial charge >= 0.3 is 5.97 Å². The van der Waals surface area contributed by atoms with Crippen LogP contribution in [0.5, 0.6) is 0 Å². The number of hydrogen-bond donors (Lipinski definition) is 1. The smallest absolute Gasteiger partial charge is 0.356 e. The maximum absolute atomic E-state index is 12.5. The SMILES string of the molecule is CC1(C)CC(Cl)=C(C(=O)OCc2ccc([N+](=O)[O-])cc2)N2C(=O)C(N)C21. The molecule has 2 aliphatic heterocycles. The fourth-order valence-corrected chi connectivity index (χ4v) is 3.97. The van der Waals surface area contributed by atoms with E-state index in [0.29, 0.717) is 12.0 Å². The molecule has 1 amide bonds. The Hall–Kier alpha value is -2.45. The summed E-state index contributed by atoms with van der Waals surface area (Å²) < 4.78 is 5.26. The van der Waals surface area contributed by atoms with E-state index in [2.05, 4.69) is 0 Å². The number of rotatable bonds is 4. The van der Waals surface area contributed by atoms with Crippen molar-refractivity contribution in [3.05, 3.63) is 50.7 Å². The minimum absolute atomic E-state index is 0.0320. The Morgan fingerprint density at radius 2 is 2.04 bits per heavy atom. The third-order valence-corrected chi connectivity index (χ3v) is 5.07. The van der Waals surface area contributed by atoms with Gasteiger partial charge in [0.2, 0.25) is 5.91 Å². The standard InChI is InChI=1S/C17H18ClN3O5/c1-17(2)7-11(18)13(20-14(17)12(19)15(20)22)16(23)26-8-9-3-5-10(6-4-9)21(24)25/h3-6,12,14H,7-8,19H2,1-2H3. The lowest BCUT2D eigenvalue weighted by molar-refractivity contribution is -0.384. The van der Waals surface area contributed by atoms with Gasteiger partial charge in [-0.25, -0.2) is 4.79 Å².